The number of hydrogen-bond acceptors (Lipinski definition) is 2. The van der Waals surface area contributed by atoms with Gasteiger partial charge in [0.1, 0.15) is 12.2 Å². The lowest BCUT2D eigenvalue weighted by molar-refractivity contribution is -0.137. The summed E-state index contributed by atoms with van der Waals surface area (Å²) in [6.45, 7) is 0. The van der Waals surface area contributed by atoms with Crippen LogP contribution in [0.25, 0.3) is 0 Å². The molecule has 8 heteroatoms. The molecule has 0 spiro atoms. The normalized spacial score (nSPS) is 11.0. The molecule has 0 radical (unpaired) electrons. The van der Waals surface area contributed by atoms with E-state index in [4.69, 9.17) is 0 Å². The monoisotopic (exact) mass is 340 g/mol. The van der Waals surface area contributed by atoms with Gasteiger partial charge < -0.3 is 10.6 Å². The Kier molecular flexibility index (Phi) is 5.18. The second kappa shape index (κ2) is 7.12. The molecule has 2 rings (SSSR count). The molecule has 2 amide bonds. The van der Waals surface area contributed by atoms with Gasteiger partial charge >= 0.3 is 6.18 Å². The Hall–Kier alpha value is -2.90. The van der Waals surface area contributed by atoms with Crippen LogP contribution in [0.5, 0.6) is 0 Å². The predicted molar refractivity (Wildman–Crippen MR) is 79.7 cm³/mol. The molecule has 0 aliphatic heterocycles. The van der Waals surface area contributed by atoms with Gasteiger partial charge in [-0.05, 0) is 36.4 Å². The van der Waals surface area contributed by atoms with Gasteiger partial charge in [0.05, 0.1) is 5.56 Å². The van der Waals surface area contributed by atoms with Crippen LogP contribution in [0.1, 0.15) is 12.0 Å². The Morgan fingerprint density at radius 2 is 1.42 bits per heavy atom. The molecule has 0 saturated carbocycles. The third kappa shape index (κ3) is 5.08. The fourth-order valence-corrected chi connectivity index (χ4v) is 1.90. The molecular formula is C16H12F4N2O2. The average Bonchev–Trinajstić information content (AvgIpc) is 2.46. The number of halogens is 4. The summed E-state index contributed by atoms with van der Waals surface area (Å²) >= 11 is 0. The van der Waals surface area contributed by atoms with Gasteiger partial charge in [0.2, 0.25) is 11.8 Å². The highest BCUT2D eigenvalue weighted by Crippen LogP contribution is 2.30. The van der Waals surface area contributed by atoms with E-state index in [-0.39, 0.29) is 11.4 Å². The minimum Gasteiger partial charge on any atom is -0.326 e. The van der Waals surface area contributed by atoms with E-state index in [0.717, 1.165) is 24.3 Å². The van der Waals surface area contributed by atoms with E-state index in [1.807, 2.05) is 0 Å². The highest BCUT2D eigenvalue weighted by molar-refractivity contribution is 6.08. The molecule has 0 fully saturated rings. The van der Waals surface area contributed by atoms with E-state index in [1.54, 1.807) is 0 Å². The van der Waals surface area contributed by atoms with Gasteiger partial charge in [-0.1, -0.05) is 12.1 Å². The zero-order valence-corrected chi connectivity index (χ0v) is 12.2. The molecule has 0 aromatic heterocycles. The molecule has 126 valence electrons. The maximum atomic E-state index is 13.0. The van der Waals surface area contributed by atoms with Crippen molar-refractivity contribution in [3.05, 3.63) is 59.9 Å². The van der Waals surface area contributed by atoms with Crippen LogP contribution in [-0.4, -0.2) is 11.8 Å². The number of nitrogens with one attached hydrogen (secondary N) is 2. The number of amides is 2. The van der Waals surface area contributed by atoms with Crippen LogP contribution in [0.2, 0.25) is 0 Å². The summed E-state index contributed by atoms with van der Waals surface area (Å²) < 4.78 is 50.7. The molecule has 24 heavy (non-hydrogen) atoms. The van der Waals surface area contributed by atoms with Crippen molar-refractivity contribution in [2.24, 2.45) is 0 Å². The smallest absolute Gasteiger partial charge is 0.326 e. The first-order valence-electron chi connectivity index (χ1n) is 6.76. The van der Waals surface area contributed by atoms with Gasteiger partial charge in [0.25, 0.3) is 0 Å². The second-order valence-corrected chi connectivity index (χ2v) is 4.86. The standard InChI is InChI=1S/C16H12F4N2O2/c17-11-4-2-6-13(8-11)22-15(24)9-14(23)21-12-5-1-3-10(7-12)16(18,19)20/h1-8H,9H2,(H,21,23)(H,22,24). The molecule has 4 nitrogen and oxygen atoms in total. The quantitative estimate of drug-likeness (QED) is 0.657. The van der Waals surface area contributed by atoms with E-state index in [9.17, 15) is 27.2 Å². The van der Waals surface area contributed by atoms with Gasteiger partial charge in [-0.3, -0.25) is 9.59 Å². The van der Waals surface area contributed by atoms with Gasteiger partial charge in [-0.15, -0.1) is 0 Å². The first kappa shape index (κ1) is 17.5. The highest BCUT2D eigenvalue weighted by atomic mass is 19.4. The van der Waals surface area contributed by atoms with Crippen molar-refractivity contribution in [2.75, 3.05) is 10.6 Å². The minimum absolute atomic E-state index is 0.0756. The van der Waals surface area contributed by atoms with E-state index in [2.05, 4.69) is 10.6 Å². The zero-order valence-electron chi connectivity index (χ0n) is 12.2. The number of alkyl halides is 3. The maximum absolute atomic E-state index is 13.0. The SMILES string of the molecule is O=C(CC(=O)Nc1cccc(C(F)(F)F)c1)Nc1cccc(F)c1. The minimum atomic E-state index is -4.53. The van der Waals surface area contributed by atoms with Crippen LogP contribution in [0.4, 0.5) is 28.9 Å². The van der Waals surface area contributed by atoms with Crippen LogP contribution in [0, 0.1) is 5.82 Å². The lowest BCUT2D eigenvalue weighted by Gasteiger charge is -2.10. The van der Waals surface area contributed by atoms with Crippen molar-refractivity contribution in [1.29, 1.82) is 0 Å². The Bertz CT molecular complexity index is 760. The first-order chi connectivity index (χ1) is 11.2. The Balaban J connectivity index is 1.94. The van der Waals surface area contributed by atoms with E-state index in [1.165, 1.54) is 24.3 Å². The summed E-state index contributed by atoms with van der Waals surface area (Å²) in [5.74, 6) is -2.06. The fraction of sp³-hybridized carbons (Fsp3) is 0.125. The van der Waals surface area contributed by atoms with Crippen molar-refractivity contribution in [3.63, 3.8) is 0 Å². The Morgan fingerprint density at radius 3 is 1.96 bits per heavy atom. The Labute approximate surface area is 134 Å². The molecule has 0 unspecified atom stereocenters. The van der Waals surface area contributed by atoms with E-state index < -0.39 is 35.8 Å². The zero-order chi connectivity index (χ0) is 17.7. The van der Waals surface area contributed by atoms with Crippen molar-refractivity contribution >= 4 is 23.2 Å². The van der Waals surface area contributed by atoms with Crippen LogP contribution in [0.15, 0.2) is 48.5 Å². The third-order valence-corrected chi connectivity index (χ3v) is 2.90. The van der Waals surface area contributed by atoms with Crippen LogP contribution in [0.3, 0.4) is 0 Å². The predicted octanol–water partition coefficient (Wildman–Crippen LogP) is 3.81. The van der Waals surface area contributed by atoms with Gasteiger partial charge in [0.15, 0.2) is 0 Å². The summed E-state index contributed by atoms with van der Waals surface area (Å²) in [5, 5.41) is 4.52. The maximum Gasteiger partial charge on any atom is 0.416 e. The fourth-order valence-electron chi connectivity index (χ4n) is 1.90. The number of carbonyl (C=O) groups is 2. The van der Waals surface area contributed by atoms with Crippen LogP contribution in [-0.2, 0) is 15.8 Å². The summed E-state index contributed by atoms with van der Waals surface area (Å²) in [7, 11) is 0. The number of rotatable bonds is 4. The van der Waals surface area contributed by atoms with Crippen molar-refractivity contribution in [2.45, 2.75) is 12.6 Å². The largest absolute Gasteiger partial charge is 0.416 e. The van der Waals surface area contributed by atoms with Gasteiger partial charge in [0, 0.05) is 11.4 Å². The topological polar surface area (TPSA) is 58.2 Å². The van der Waals surface area contributed by atoms with Crippen molar-refractivity contribution in [1.82, 2.24) is 0 Å². The number of hydrogen-bond donors (Lipinski definition) is 2. The second-order valence-electron chi connectivity index (χ2n) is 4.86. The average molecular weight is 340 g/mol. The van der Waals surface area contributed by atoms with Gasteiger partial charge in [-0.25, -0.2) is 4.39 Å². The molecule has 2 aromatic rings. The van der Waals surface area contributed by atoms with Gasteiger partial charge in [-0.2, -0.15) is 13.2 Å². The molecule has 0 aliphatic carbocycles. The molecule has 2 N–H and O–H groups in total. The lowest BCUT2D eigenvalue weighted by atomic mass is 10.2. The van der Waals surface area contributed by atoms with Crippen LogP contribution >= 0.6 is 0 Å². The highest BCUT2D eigenvalue weighted by Gasteiger charge is 2.30. The number of anilines is 2. The molecule has 0 aliphatic rings. The van der Waals surface area contributed by atoms with Crippen molar-refractivity contribution < 1.29 is 27.2 Å². The third-order valence-electron chi connectivity index (χ3n) is 2.90. The molecule has 2 aromatic carbocycles. The molecular weight excluding hydrogens is 328 g/mol. The molecule has 0 bridgehead atoms. The van der Waals surface area contributed by atoms with E-state index >= 15 is 0 Å². The summed E-state index contributed by atoms with van der Waals surface area (Å²) in [4.78, 5) is 23.4. The summed E-state index contributed by atoms with van der Waals surface area (Å²) in [6.07, 6.45) is -5.15. The number of carbonyl (C=O) groups excluding carboxylic acids is 2. The van der Waals surface area contributed by atoms with Crippen LogP contribution < -0.4 is 10.6 Å². The summed E-state index contributed by atoms with van der Waals surface area (Å²) in [6, 6.07) is 9.13. The molecule has 0 saturated heterocycles. The number of benzene rings is 2. The van der Waals surface area contributed by atoms with E-state index in [0.29, 0.717) is 0 Å². The molecule has 0 atom stereocenters. The first-order valence-corrected chi connectivity index (χ1v) is 6.76. The summed E-state index contributed by atoms with van der Waals surface area (Å²) in [5.41, 5.74) is -0.815. The Morgan fingerprint density at radius 1 is 0.875 bits per heavy atom. The molecule has 0 heterocycles. The van der Waals surface area contributed by atoms with Crippen molar-refractivity contribution in [3.8, 4) is 0 Å². The lowest BCUT2D eigenvalue weighted by Crippen LogP contribution is -2.21.